The van der Waals surface area contributed by atoms with Crippen molar-refractivity contribution in [3.05, 3.63) is 35.4 Å². The van der Waals surface area contributed by atoms with Crippen LogP contribution in [0.1, 0.15) is 63.5 Å². The highest BCUT2D eigenvalue weighted by atomic mass is 14.3. The third-order valence-electron chi connectivity index (χ3n) is 4.37. The summed E-state index contributed by atoms with van der Waals surface area (Å²) in [6.07, 6.45) is 11.0. The minimum Gasteiger partial charge on any atom is -0.0613 e. The number of rotatable bonds is 3. The molecule has 0 heterocycles. The predicted octanol–water partition coefficient (Wildman–Crippen LogP) is 5.15. The topological polar surface area (TPSA) is 0 Å². The van der Waals surface area contributed by atoms with Gasteiger partial charge in [0.05, 0.1) is 0 Å². The van der Waals surface area contributed by atoms with E-state index in [0.29, 0.717) is 5.41 Å². The van der Waals surface area contributed by atoms with Crippen LogP contribution in [0.5, 0.6) is 0 Å². The monoisotopic (exact) mass is 230 g/mol. The van der Waals surface area contributed by atoms with Gasteiger partial charge in [-0.15, -0.1) is 0 Å². The lowest BCUT2D eigenvalue weighted by Gasteiger charge is -2.28. The van der Waals surface area contributed by atoms with E-state index in [1.54, 1.807) is 0 Å². The van der Waals surface area contributed by atoms with Crippen molar-refractivity contribution in [2.45, 2.75) is 65.2 Å². The number of hydrogen-bond donors (Lipinski definition) is 0. The lowest BCUT2D eigenvalue weighted by atomic mass is 9.77. The van der Waals surface area contributed by atoms with Gasteiger partial charge in [-0.3, -0.25) is 0 Å². The van der Waals surface area contributed by atoms with Gasteiger partial charge in [0.1, 0.15) is 0 Å². The molecule has 0 bridgehead atoms. The minimum atomic E-state index is 0.560. The second kappa shape index (κ2) is 5.71. The Labute approximate surface area is 106 Å². The lowest BCUT2D eigenvalue weighted by molar-refractivity contribution is 0.275. The van der Waals surface area contributed by atoms with Gasteiger partial charge in [-0.1, -0.05) is 63.8 Å². The molecule has 0 aliphatic heterocycles. The molecule has 0 heteroatoms. The Morgan fingerprint density at radius 3 is 1.94 bits per heavy atom. The minimum absolute atomic E-state index is 0.560. The van der Waals surface area contributed by atoms with Gasteiger partial charge in [0.15, 0.2) is 0 Å². The Balaban J connectivity index is 2.02. The van der Waals surface area contributed by atoms with Gasteiger partial charge in [0.2, 0.25) is 0 Å². The average Bonchev–Trinajstić information content (AvgIpc) is 2.55. The van der Waals surface area contributed by atoms with E-state index in [4.69, 9.17) is 0 Å². The van der Waals surface area contributed by atoms with Gasteiger partial charge in [-0.05, 0) is 42.2 Å². The van der Waals surface area contributed by atoms with Gasteiger partial charge in [-0.2, -0.15) is 0 Å². The normalized spacial score (nSPS) is 19.9. The fourth-order valence-corrected chi connectivity index (χ4v) is 3.14. The summed E-state index contributed by atoms with van der Waals surface area (Å²) in [5.41, 5.74) is 3.55. The molecule has 94 valence electrons. The van der Waals surface area contributed by atoms with Crippen molar-refractivity contribution < 1.29 is 0 Å². The molecule has 1 aliphatic carbocycles. The highest BCUT2D eigenvalue weighted by Crippen LogP contribution is 2.37. The second-order valence-corrected chi connectivity index (χ2v) is 6.07. The van der Waals surface area contributed by atoms with E-state index in [1.165, 1.54) is 56.1 Å². The summed E-state index contributed by atoms with van der Waals surface area (Å²) in [6, 6.07) is 9.29. The standard InChI is InChI=1S/C17H26/c1-3-15-8-10-16(11-9-15)14-17(2)12-6-4-5-7-13-17/h8-11H,3-7,12-14H2,1-2H3. The molecule has 0 amide bonds. The van der Waals surface area contributed by atoms with Crippen molar-refractivity contribution in [1.29, 1.82) is 0 Å². The first-order valence-corrected chi connectivity index (χ1v) is 7.30. The Bertz CT molecular complexity index is 326. The number of aryl methyl sites for hydroxylation is 1. The third-order valence-corrected chi connectivity index (χ3v) is 4.37. The third kappa shape index (κ3) is 3.59. The van der Waals surface area contributed by atoms with E-state index in [1.807, 2.05) is 0 Å². The highest BCUT2D eigenvalue weighted by Gasteiger charge is 2.25. The van der Waals surface area contributed by atoms with Gasteiger partial charge in [-0.25, -0.2) is 0 Å². The molecule has 0 spiro atoms. The summed E-state index contributed by atoms with van der Waals surface area (Å²) in [4.78, 5) is 0. The van der Waals surface area contributed by atoms with Crippen LogP contribution in [-0.2, 0) is 12.8 Å². The molecule has 0 N–H and O–H groups in total. The zero-order valence-electron chi connectivity index (χ0n) is 11.5. The van der Waals surface area contributed by atoms with E-state index in [2.05, 4.69) is 38.1 Å². The summed E-state index contributed by atoms with van der Waals surface area (Å²) in [7, 11) is 0. The van der Waals surface area contributed by atoms with Crippen LogP contribution in [0.3, 0.4) is 0 Å². The molecular formula is C17H26. The van der Waals surface area contributed by atoms with Crippen LogP contribution in [0, 0.1) is 5.41 Å². The van der Waals surface area contributed by atoms with E-state index < -0.39 is 0 Å². The molecule has 0 unspecified atom stereocenters. The quantitative estimate of drug-likeness (QED) is 0.630. The van der Waals surface area contributed by atoms with Crippen LogP contribution in [0.25, 0.3) is 0 Å². The summed E-state index contributed by atoms with van der Waals surface area (Å²) in [5, 5.41) is 0. The first-order chi connectivity index (χ1) is 8.22. The molecule has 2 rings (SSSR count). The van der Waals surface area contributed by atoms with E-state index in [9.17, 15) is 0 Å². The maximum absolute atomic E-state index is 2.49. The van der Waals surface area contributed by atoms with Crippen LogP contribution in [0.4, 0.5) is 0 Å². The zero-order valence-corrected chi connectivity index (χ0v) is 11.5. The first-order valence-electron chi connectivity index (χ1n) is 7.30. The maximum atomic E-state index is 2.49. The summed E-state index contributed by atoms with van der Waals surface area (Å²) >= 11 is 0. The van der Waals surface area contributed by atoms with Gasteiger partial charge in [0.25, 0.3) is 0 Å². The largest absolute Gasteiger partial charge is 0.0613 e. The Morgan fingerprint density at radius 2 is 1.41 bits per heavy atom. The van der Waals surface area contributed by atoms with E-state index in [0.717, 1.165) is 6.42 Å². The molecule has 0 saturated heterocycles. The van der Waals surface area contributed by atoms with Crippen molar-refractivity contribution in [2.75, 3.05) is 0 Å². The average molecular weight is 230 g/mol. The van der Waals surface area contributed by atoms with Crippen LogP contribution in [-0.4, -0.2) is 0 Å². The maximum Gasteiger partial charge on any atom is -0.0225 e. The molecule has 1 saturated carbocycles. The van der Waals surface area contributed by atoms with Crippen molar-refractivity contribution in [2.24, 2.45) is 5.41 Å². The van der Waals surface area contributed by atoms with Crippen LogP contribution in [0.2, 0.25) is 0 Å². The smallest absolute Gasteiger partial charge is 0.0225 e. The molecule has 0 atom stereocenters. The fourth-order valence-electron chi connectivity index (χ4n) is 3.14. The van der Waals surface area contributed by atoms with Gasteiger partial charge in [0, 0.05) is 0 Å². The van der Waals surface area contributed by atoms with Gasteiger partial charge < -0.3 is 0 Å². The fraction of sp³-hybridized carbons (Fsp3) is 0.647. The molecule has 1 aromatic rings. The lowest BCUT2D eigenvalue weighted by Crippen LogP contribution is -2.18. The molecule has 0 aromatic heterocycles. The Morgan fingerprint density at radius 1 is 0.882 bits per heavy atom. The molecule has 0 radical (unpaired) electrons. The Hall–Kier alpha value is -0.780. The Kier molecular flexibility index (Phi) is 4.25. The summed E-state index contributed by atoms with van der Waals surface area (Å²) in [6.45, 7) is 4.72. The zero-order chi connectivity index (χ0) is 12.1. The van der Waals surface area contributed by atoms with Crippen molar-refractivity contribution >= 4 is 0 Å². The SMILES string of the molecule is CCc1ccc(CC2(C)CCCCCC2)cc1. The molecule has 17 heavy (non-hydrogen) atoms. The molecular weight excluding hydrogens is 204 g/mol. The summed E-state index contributed by atoms with van der Waals surface area (Å²) < 4.78 is 0. The predicted molar refractivity (Wildman–Crippen MR) is 75.3 cm³/mol. The second-order valence-electron chi connectivity index (χ2n) is 6.07. The molecule has 0 nitrogen and oxygen atoms in total. The van der Waals surface area contributed by atoms with Crippen LogP contribution in [0.15, 0.2) is 24.3 Å². The van der Waals surface area contributed by atoms with Crippen LogP contribution >= 0.6 is 0 Å². The summed E-state index contributed by atoms with van der Waals surface area (Å²) in [5.74, 6) is 0. The molecule has 1 fully saturated rings. The first kappa shape index (κ1) is 12.7. The van der Waals surface area contributed by atoms with Crippen molar-refractivity contribution in [3.8, 4) is 0 Å². The van der Waals surface area contributed by atoms with E-state index in [-0.39, 0.29) is 0 Å². The molecule has 1 aliphatic rings. The van der Waals surface area contributed by atoms with Gasteiger partial charge >= 0.3 is 0 Å². The molecule has 1 aromatic carbocycles. The van der Waals surface area contributed by atoms with E-state index >= 15 is 0 Å². The van der Waals surface area contributed by atoms with Crippen molar-refractivity contribution in [3.63, 3.8) is 0 Å². The highest BCUT2D eigenvalue weighted by molar-refractivity contribution is 5.23. The number of benzene rings is 1. The number of hydrogen-bond acceptors (Lipinski definition) is 0. The van der Waals surface area contributed by atoms with Crippen molar-refractivity contribution in [1.82, 2.24) is 0 Å². The van der Waals surface area contributed by atoms with Crippen LogP contribution < -0.4 is 0 Å².